The van der Waals surface area contributed by atoms with Crippen molar-refractivity contribution < 1.29 is 31.2 Å². The topological polar surface area (TPSA) is 95.6 Å². The Kier molecular flexibility index (Phi) is 6.13. The SMILES string of the molecule is O=C(NNC(=O)c1cccc(S(=O)(=O)N2CCCC2)c1)c1cccc(C(F)(F)F)c1. The van der Waals surface area contributed by atoms with Crippen molar-refractivity contribution in [1.29, 1.82) is 0 Å². The highest BCUT2D eigenvalue weighted by molar-refractivity contribution is 7.89. The van der Waals surface area contributed by atoms with E-state index in [1.54, 1.807) is 0 Å². The molecule has 2 aromatic carbocycles. The van der Waals surface area contributed by atoms with E-state index in [4.69, 9.17) is 0 Å². The van der Waals surface area contributed by atoms with Crippen LogP contribution in [0.5, 0.6) is 0 Å². The average Bonchev–Trinajstić information content (AvgIpc) is 3.27. The number of rotatable bonds is 4. The summed E-state index contributed by atoms with van der Waals surface area (Å²) in [5, 5.41) is 0. The van der Waals surface area contributed by atoms with Gasteiger partial charge in [0.2, 0.25) is 10.0 Å². The Hall–Kier alpha value is -2.92. The van der Waals surface area contributed by atoms with E-state index >= 15 is 0 Å². The van der Waals surface area contributed by atoms with E-state index in [1.165, 1.54) is 34.6 Å². The first-order valence-electron chi connectivity index (χ1n) is 8.97. The number of carbonyl (C=O) groups excluding carboxylic acids is 2. The van der Waals surface area contributed by atoms with Crippen LogP contribution in [0, 0.1) is 0 Å². The number of nitrogens with zero attached hydrogens (tertiary/aromatic N) is 1. The van der Waals surface area contributed by atoms with E-state index in [2.05, 4.69) is 5.43 Å². The molecule has 2 aromatic rings. The first kappa shape index (κ1) is 21.8. The molecule has 0 spiro atoms. The lowest BCUT2D eigenvalue weighted by atomic mass is 10.1. The summed E-state index contributed by atoms with van der Waals surface area (Å²) in [4.78, 5) is 24.3. The molecule has 1 aliphatic rings. The molecular formula is C19H18F3N3O4S. The quantitative estimate of drug-likeness (QED) is 0.713. The first-order chi connectivity index (χ1) is 14.1. The second-order valence-electron chi connectivity index (χ2n) is 6.63. The van der Waals surface area contributed by atoms with Crippen LogP contribution in [0.1, 0.15) is 39.1 Å². The smallest absolute Gasteiger partial charge is 0.267 e. The van der Waals surface area contributed by atoms with Crippen LogP contribution in [0.4, 0.5) is 13.2 Å². The fourth-order valence-electron chi connectivity index (χ4n) is 2.97. The number of halogens is 3. The zero-order valence-corrected chi connectivity index (χ0v) is 16.4. The van der Waals surface area contributed by atoms with Crippen molar-refractivity contribution in [2.75, 3.05) is 13.1 Å². The van der Waals surface area contributed by atoms with Crippen LogP contribution in [0.15, 0.2) is 53.4 Å². The Balaban J connectivity index is 1.69. The predicted octanol–water partition coefficient (Wildman–Crippen LogP) is 2.56. The van der Waals surface area contributed by atoms with E-state index in [-0.39, 0.29) is 16.0 Å². The van der Waals surface area contributed by atoms with E-state index in [0.717, 1.165) is 25.0 Å². The Labute approximate surface area is 170 Å². The van der Waals surface area contributed by atoms with Gasteiger partial charge in [0, 0.05) is 24.2 Å². The second-order valence-corrected chi connectivity index (χ2v) is 8.56. The molecule has 0 aliphatic carbocycles. The average molecular weight is 441 g/mol. The van der Waals surface area contributed by atoms with Crippen molar-refractivity contribution in [3.05, 3.63) is 65.2 Å². The highest BCUT2D eigenvalue weighted by atomic mass is 32.2. The second kappa shape index (κ2) is 8.44. The third-order valence-electron chi connectivity index (χ3n) is 4.54. The Morgan fingerprint density at radius 2 is 1.40 bits per heavy atom. The zero-order chi connectivity index (χ0) is 21.9. The minimum absolute atomic E-state index is 0.0281. The summed E-state index contributed by atoms with van der Waals surface area (Å²) in [5.74, 6) is -1.76. The molecule has 1 aliphatic heterocycles. The summed E-state index contributed by atoms with van der Waals surface area (Å²) in [7, 11) is -3.73. The third-order valence-corrected chi connectivity index (χ3v) is 6.44. The van der Waals surface area contributed by atoms with E-state index in [1.807, 2.05) is 5.43 Å². The van der Waals surface area contributed by atoms with Crippen LogP contribution in [-0.4, -0.2) is 37.6 Å². The number of hydrazine groups is 1. The van der Waals surface area contributed by atoms with Gasteiger partial charge in [0.1, 0.15) is 0 Å². The largest absolute Gasteiger partial charge is 0.416 e. The Morgan fingerprint density at radius 1 is 0.867 bits per heavy atom. The molecule has 0 atom stereocenters. The number of nitrogens with one attached hydrogen (secondary N) is 2. The van der Waals surface area contributed by atoms with Crippen LogP contribution in [-0.2, 0) is 16.2 Å². The minimum Gasteiger partial charge on any atom is -0.267 e. The molecule has 7 nitrogen and oxygen atoms in total. The summed E-state index contributed by atoms with van der Waals surface area (Å²) >= 11 is 0. The van der Waals surface area contributed by atoms with Gasteiger partial charge in [-0.2, -0.15) is 17.5 Å². The summed E-state index contributed by atoms with van der Waals surface area (Å²) in [6, 6.07) is 9.02. The van der Waals surface area contributed by atoms with E-state index in [0.29, 0.717) is 19.2 Å². The zero-order valence-electron chi connectivity index (χ0n) is 15.6. The van der Waals surface area contributed by atoms with Crippen molar-refractivity contribution in [2.45, 2.75) is 23.9 Å². The highest BCUT2D eigenvalue weighted by Crippen LogP contribution is 2.29. The molecule has 0 bridgehead atoms. The number of hydrogen-bond donors (Lipinski definition) is 2. The van der Waals surface area contributed by atoms with Gasteiger partial charge >= 0.3 is 6.18 Å². The molecule has 1 fully saturated rings. The number of benzene rings is 2. The maximum atomic E-state index is 12.8. The summed E-state index contributed by atoms with van der Waals surface area (Å²) in [5.41, 5.74) is 2.78. The van der Waals surface area contributed by atoms with E-state index in [9.17, 15) is 31.2 Å². The highest BCUT2D eigenvalue weighted by Gasteiger charge is 2.31. The van der Waals surface area contributed by atoms with Crippen LogP contribution >= 0.6 is 0 Å². The molecule has 0 unspecified atom stereocenters. The predicted molar refractivity (Wildman–Crippen MR) is 101 cm³/mol. The first-order valence-corrected chi connectivity index (χ1v) is 10.4. The van der Waals surface area contributed by atoms with Crippen molar-refractivity contribution in [1.82, 2.24) is 15.2 Å². The summed E-state index contributed by atoms with van der Waals surface area (Å²) < 4.78 is 64.8. The number of amides is 2. The van der Waals surface area contributed by atoms with Gasteiger partial charge in [0.25, 0.3) is 11.8 Å². The molecule has 1 heterocycles. The lowest BCUT2D eigenvalue weighted by Crippen LogP contribution is -2.41. The molecule has 0 aromatic heterocycles. The van der Waals surface area contributed by atoms with Crippen LogP contribution in [0.3, 0.4) is 0 Å². The Morgan fingerprint density at radius 3 is 1.97 bits per heavy atom. The van der Waals surface area contributed by atoms with Gasteiger partial charge < -0.3 is 0 Å². The van der Waals surface area contributed by atoms with Gasteiger partial charge in [-0.1, -0.05) is 12.1 Å². The van der Waals surface area contributed by atoms with Crippen LogP contribution in [0.25, 0.3) is 0 Å². The summed E-state index contributed by atoms with van der Waals surface area (Å²) in [6.07, 6.45) is -3.08. The molecule has 0 saturated carbocycles. The standard InChI is InChI=1S/C19H18F3N3O4S/c20-19(21,22)15-7-3-5-13(11-15)17(26)23-24-18(27)14-6-4-8-16(12-14)30(28,29)25-9-1-2-10-25/h3-8,11-12H,1-2,9-10H2,(H,23,26)(H,24,27). The molecular weight excluding hydrogens is 423 g/mol. The summed E-state index contributed by atoms with van der Waals surface area (Å²) in [6.45, 7) is 0.817. The number of alkyl halides is 3. The maximum absolute atomic E-state index is 12.8. The third kappa shape index (κ3) is 4.79. The number of hydrogen-bond acceptors (Lipinski definition) is 4. The van der Waals surface area contributed by atoms with Crippen LogP contribution in [0.2, 0.25) is 0 Å². The minimum atomic E-state index is -4.61. The molecule has 3 rings (SSSR count). The van der Waals surface area contributed by atoms with Gasteiger partial charge in [-0.25, -0.2) is 8.42 Å². The van der Waals surface area contributed by atoms with Gasteiger partial charge in [-0.3, -0.25) is 20.4 Å². The molecule has 2 N–H and O–H groups in total. The molecule has 2 amide bonds. The fraction of sp³-hybridized carbons (Fsp3) is 0.263. The van der Waals surface area contributed by atoms with Crippen molar-refractivity contribution in [3.63, 3.8) is 0 Å². The lowest BCUT2D eigenvalue weighted by Gasteiger charge is -2.16. The molecule has 160 valence electrons. The van der Waals surface area contributed by atoms with Gasteiger partial charge in [0.05, 0.1) is 10.5 Å². The van der Waals surface area contributed by atoms with Crippen LogP contribution < -0.4 is 10.9 Å². The fourth-order valence-corrected chi connectivity index (χ4v) is 4.53. The Bertz CT molecular complexity index is 1060. The van der Waals surface area contributed by atoms with Gasteiger partial charge in [-0.15, -0.1) is 0 Å². The van der Waals surface area contributed by atoms with E-state index < -0.39 is 33.6 Å². The molecule has 0 radical (unpaired) electrons. The lowest BCUT2D eigenvalue weighted by molar-refractivity contribution is -0.137. The van der Waals surface area contributed by atoms with Gasteiger partial charge in [0.15, 0.2) is 0 Å². The van der Waals surface area contributed by atoms with Crippen molar-refractivity contribution >= 4 is 21.8 Å². The molecule has 11 heteroatoms. The number of carbonyl (C=O) groups is 2. The normalized spacial score (nSPS) is 15.0. The molecule has 30 heavy (non-hydrogen) atoms. The van der Waals surface area contributed by atoms with Crippen molar-refractivity contribution in [3.8, 4) is 0 Å². The maximum Gasteiger partial charge on any atom is 0.416 e. The molecule has 1 saturated heterocycles. The number of sulfonamides is 1. The van der Waals surface area contributed by atoms with Gasteiger partial charge in [-0.05, 0) is 49.2 Å². The monoisotopic (exact) mass is 441 g/mol. The van der Waals surface area contributed by atoms with Crippen molar-refractivity contribution in [2.24, 2.45) is 0 Å².